The zero-order chi connectivity index (χ0) is 27.5. The molecular formula is C20H22N8O6. The molecule has 178 valence electrons. The van der Waals surface area contributed by atoms with Crippen LogP contribution in [0, 0.1) is 0 Å². The lowest BCUT2D eigenvalue weighted by molar-refractivity contribution is -0.140. The second kappa shape index (κ2) is 9.81. The number of fused-ring (bicyclic) bond motifs is 1. The summed E-state index contributed by atoms with van der Waals surface area (Å²) in [6, 6.07) is 3.67. The summed E-state index contributed by atoms with van der Waals surface area (Å²) in [5.74, 6) is -3.71. The highest BCUT2D eigenvalue weighted by Gasteiger charge is 2.22. The van der Waals surface area contributed by atoms with Crippen LogP contribution in [-0.2, 0) is 16.1 Å². The lowest BCUT2D eigenvalue weighted by Gasteiger charge is -2.19. The van der Waals surface area contributed by atoms with Crippen LogP contribution < -0.4 is 27.2 Å². The molecule has 0 aliphatic carbocycles. The van der Waals surface area contributed by atoms with Crippen molar-refractivity contribution < 1.29 is 28.7 Å². The summed E-state index contributed by atoms with van der Waals surface area (Å²) in [7, 11) is 0. The van der Waals surface area contributed by atoms with E-state index in [0.29, 0.717) is 0 Å². The smallest absolute Gasteiger partial charge is 0.326 e. The molecule has 8 N–H and O–H groups in total. The number of amides is 1. The Hall–Kier alpha value is -4.75. The van der Waals surface area contributed by atoms with Gasteiger partial charge in [0.2, 0.25) is 5.95 Å². The highest BCUT2D eigenvalue weighted by atomic mass is 16.4. The quantitative estimate of drug-likeness (QED) is 0.232. The van der Waals surface area contributed by atoms with Crippen molar-refractivity contribution in [2.24, 2.45) is 0 Å². The van der Waals surface area contributed by atoms with Crippen molar-refractivity contribution in [3.05, 3.63) is 45.9 Å². The first-order valence-corrected chi connectivity index (χ1v) is 9.71. The van der Waals surface area contributed by atoms with Crippen molar-refractivity contribution in [2.45, 2.75) is 25.4 Å². The Bertz CT molecular complexity index is 1410. The van der Waals surface area contributed by atoms with E-state index in [9.17, 15) is 24.3 Å². The van der Waals surface area contributed by atoms with Gasteiger partial charge in [-0.1, -0.05) is 0 Å². The molecule has 2 heterocycles. The van der Waals surface area contributed by atoms with Crippen molar-refractivity contribution in [2.75, 3.05) is 23.3 Å². The summed E-state index contributed by atoms with van der Waals surface area (Å²) in [6.07, 6.45) is -0.784. The fourth-order valence-electron chi connectivity index (χ4n) is 2.96. The lowest BCUT2D eigenvalue weighted by Crippen LogP contribution is -2.41. The first kappa shape index (κ1) is 19.9. The predicted molar refractivity (Wildman–Crippen MR) is 121 cm³/mol. The molecule has 0 aliphatic rings. The van der Waals surface area contributed by atoms with Crippen LogP contribution in [0.5, 0.6) is 0 Å². The summed E-state index contributed by atoms with van der Waals surface area (Å²) in [6.45, 7) is -3.21. The van der Waals surface area contributed by atoms with E-state index in [1.165, 1.54) is 24.3 Å². The lowest BCUT2D eigenvalue weighted by atomic mass is 10.1. The van der Waals surface area contributed by atoms with Crippen LogP contribution in [0.4, 0.5) is 17.5 Å². The third-order valence-corrected chi connectivity index (χ3v) is 4.67. The zero-order valence-corrected chi connectivity index (χ0v) is 17.5. The highest BCUT2D eigenvalue weighted by molar-refractivity contribution is 5.97. The van der Waals surface area contributed by atoms with Gasteiger partial charge in [-0.2, -0.15) is 9.97 Å². The number of H-pyrrole nitrogens is 1. The number of nitrogens with two attached hydrogens (primary N) is 2. The largest absolute Gasteiger partial charge is 0.481 e. The molecule has 0 bridgehead atoms. The standard InChI is InChI=1S/C20H22N8O6/c1-28(8-12-18(32)26-16-14(23-12)15(21)25-20(22)27-16)10-4-2-9(3-5-10)17(31)24-11(19(33)34)6-7-13(29)30/h2-5,11H,6-8H2,1H3,(H,24,31)(H,29,30)(H,33,34)(H5,21,22,25,26,27,32)/t11-/m0/s1/i1D3. The van der Waals surface area contributed by atoms with Crippen LogP contribution in [0.15, 0.2) is 29.1 Å². The van der Waals surface area contributed by atoms with Gasteiger partial charge in [0.25, 0.3) is 11.5 Å². The van der Waals surface area contributed by atoms with Gasteiger partial charge in [-0.3, -0.25) is 14.4 Å². The maximum atomic E-state index is 12.5. The van der Waals surface area contributed by atoms with Crippen molar-refractivity contribution >= 4 is 46.5 Å². The first-order chi connectivity index (χ1) is 17.3. The van der Waals surface area contributed by atoms with Gasteiger partial charge in [0.1, 0.15) is 17.3 Å². The van der Waals surface area contributed by atoms with E-state index in [2.05, 4.69) is 25.3 Å². The number of hydrogen-bond donors (Lipinski definition) is 6. The molecule has 1 atom stereocenters. The average molecular weight is 473 g/mol. The molecule has 0 unspecified atom stereocenters. The summed E-state index contributed by atoms with van der Waals surface area (Å²) >= 11 is 0. The number of carboxylic acid groups (broad SMARTS) is 2. The minimum atomic E-state index is -2.73. The van der Waals surface area contributed by atoms with E-state index in [0.717, 1.165) is 4.90 Å². The van der Waals surface area contributed by atoms with Crippen molar-refractivity contribution in [3.8, 4) is 0 Å². The maximum absolute atomic E-state index is 12.5. The molecule has 14 heteroatoms. The van der Waals surface area contributed by atoms with Crippen LogP contribution >= 0.6 is 0 Å². The fraction of sp³-hybridized carbons (Fsp3) is 0.250. The Balaban J connectivity index is 1.86. The fourth-order valence-corrected chi connectivity index (χ4v) is 2.96. The molecule has 14 nitrogen and oxygen atoms in total. The monoisotopic (exact) mass is 473 g/mol. The zero-order valence-electron chi connectivity index (χ0n) is 20.5. The number of rotatable bonds is 9. The minimum Gasteiger partial charge on any atom is -0.481 e. The van der Waals surface area contributed by atoms with Gasteiger partial charge in [-0.15, -0.1) is 0 Å². The molecule has 0 spiro atoms. The van der Waals surface area contributed by atoms with E-state index < -0.39 is 49.4 Å². The average Bonchev–Trinajstić information content (AvgIpc) is 2.79. The van der Waals surface area contributed by atoms with E-state index in [4.69, 9.17) is 20.7 Å². The Kier molecular flexibility index (Phi) is 5.74. The normalized spacial score (nSPS) is 13.4. The molecule has 34 heavy (non-hydrogen) atoms. The Morgan fingerprint density at radius 3 is 2.50 bits per heavy atom. The summed E-state index contributed by atoms with van der Waals surface area (Å²) in [5, 5.41) is 20.2. The number of nitrogen functional groups attached to an aromatic ring is 2. The third kappa shape index (κ3) is 5.53. The third-order valence-electron chi connectivity index (χ3n) is 4.67. The number of anilines is 3. The van der Waals surface area contributed by atoms with Gasteiger partial charge in [-0.05, 0) is 30.7 Å². The minimum absolute atomic E-state index is 0.00000488. The molecule has 3 rings (SSSR count). The Morgan fingerprint density at radius 1 is 1.18 bits per heavy atom. The summed E-state index contributed by atoms with van der Waals surface area (Å²) in [5.41, 5.74) is 10.5. The maximum Gasteiger partial charge on any atom is 0.326 e. The number of aliphatic carboxylic acids is 2. The number of nitrogens with zero attached hydrogens (tertiary/aromatic N) is 4. The van der Waals surface area contributed by atoms with E-state index in [-0.39, 0.29) is 46.3 Å². The van der Waals surface area contributed by atoms with E-state index in [1.807, 2.05) is 0 Å². The SMILES string of the molecule is [2H]C([2H])([2H])N(Cc1nc2c(N)nc(N)nc2[nH]c1=O)c1ccc(C(=O)N[C@@H](CCC(=O)O)C(=O)O)cc1. The molecule has 1 amide bonds. The molecule has 2 aromatic heterocycles. The van der Waals surface area contributed by atoms with Gasteiger partial charge < -0.3 is 36.9 Å². The van der Waals surface area contributed by atoms with Crippen molar-refractivity contribution in [1.29, 1.82) is 0 Å². The predicted octanol–water partition coefficient (Wildman–Crippen LogP) is -0.438. The second-order valence-electron chi connectivity index (χ2n) is 7.11. The van der Waals surface area contributed by atoms with Gasteiger partial charge in [0.05, 0.1) is 6.54 Å². The number of benzene rings is 1. The molecule has 3 aromatic rings. The van der Waals surface area contributed by atoms with Gasteiger partial charge in [-0.25, -0.2) is 9.78 Å². The van der Waals surface area contributed by atoms with Gasteiger partial charge in [0, 0.05) is 28.8 Å². The van der Waals surface area contributed by atoms with E-state index >= 15 is 0 Å². The van der Waals surface area contributed by atoms with Gasteiger partial charge in [0.15, 0.2) is 11.5 Å². The molecule has 1 aromatic carbocycles. The first-order valence-electron chi connectivity index (χ1n) is 11.2. The van der Waals surface area contributed by atoms with Gasteiger partial charge >= 0.3 is 11.9 Å². The topological polar surface area (TPSA) is 231 Å². The second-order valence-corrected chi connectivity index (χ2v) is 7.11. The Morgan fingerprint density at radius 2 is 1.88 bits per heavy atom. The van der Waals surface area contributed by atoms with Crippen LogP contribution in [0.3, 0.4) is 0 Å². The number of carbonyl (C=O) groups excluding carboxylic acids is 1. The van der Waals surface area contributed by atoms with Crippen LogP contribution in [0.25, 0.3) is 11.2 Å². The van der Waals surface area contributed by atoms with E-state index in [1.54, 1.807) is 0 Å². The molecule has 0 saturated heterocycles. The number of carbonyl (C=O) groups is 3. The number of hydrogen-bond acceptors (Lipinski definition) is 10. The van der Waals surface area contributed by atoms with Crippen LogP contribution in [-0.4, -0.2) is 61.0 Å². The number of aromatic nitrogens is 4. The van der Waals surface area contributed by atoms with Crippen molar-refractivity contribution in [3.63, 3.8) is 0 Å². The number of aromatic amines is 1. The Labute approximate surface area is 195 Å². The number of carboxylic acids is 2. The highest BCUT2D eigenvalue weighted by Crippen LogP contribution is 2.17. The molecule has 0 radical (unpaired) electrons. The summed E-state index contributed by atoms with van der Waals surface area (Å²) in [4.78, 5) is 62.1. The molecule has 0 fully saturated rings. The van der Waals surface area contributed by atoms with Crippen LogP contribution in [0.2, 0.25) is 0 Å². The van der Waals surface area contributed by atoms with Crippen LogP contribution in [0.1, 0.15) is 33.0 Å². The molecule has 0 aliphatic heterocycles. The summed E-state index contributed by atoms with van der Waals surface area (Å²) < 4.78 is 23.7. The molecule has 0 saturated carbocycles. The van der Waals surface area contributed by atoms with Crippen molar-refractivity contribution in [1.82, 2.24) is 25.3 Å². The number of nitrogens with one attached hydrogen (secondary N) is 2. The molecular weight excluding hydrogens is 448 g/mol.